The van der Waals surface area contributed by atoms with E-state index in [1.165, 1.54) is 11.7 Å². The van der Waals surface area contributed by atoms with Crippen LogP contribution < -0.4 is 5.43 Å². The van der Waals surface area contributed by atoms with E-state index in [0.29, 0.717) is 0 Å². The number of methoxy groups -OCH3 is 1. The number of ether oxygens (including phenoxy) is 2. The minimum atomic E-state index is -0.825. The summed E-state index contributed by atoms with van der Waals surface area (Å²) >= 11 is 3.30. The van der Waals surface area contributed by atoms with Gasteiger partial charge in [-0.15, -0.1) is 5.92 Å². The van der Waals surface area contributed by atoms with Crippen molar-refractivity contribution in [3.63, 3.8) is 0 Å². The molecule has 0 unspecified atom stereocenters. The highest BCUT2D eigenvalue weighted by Gasteiger charge is 2.32. The second kappa shape index (κ2) is 11.3. The molecule has 0 aliphatic rings. The number of rotatable bonds is 5. The Morgan fingerprint density at radius 3 is 2.50 bits per heavy atom. The summed E-state index contributed by atoms with van der Waals surface area (Å²) < 4.78 is 11.9. The van der Waals surface area contributed by atoms with Crippen LogP contribution in [-0.2, 0) is 22.6 Å². The van der Waals surface area contributed by atoms with E-state index in [1.54, 1.807) is 27.7 Å². The first-order chi connectivity index (χ1) is 17.1. The molecule has 0 fully saturated rings. The zero-order valence-electron chi connectivity index (χ0n) is 20.7. The molecule has 0 atom stereocenters. The van der Waals surface area contributed by atoms with Crippen molar-refractivity contribution in [3.05, 3.63) is 64.1 Å². The Balaban J connectivity index is 2.11. The summed E-state index contributed by atoms with van der Waals surface area (Å²) in [5.74, 6) is 4.13. The average molecular weight is 555 g/mol. The van der Waals surface area contributed by atoms with E-state index >= 15 is 0 Å². The van der Waals surface area contributed by atoms with Crippen LogP contribution in [0.15, 0.2) is 47.2 Å². The SMILES string of the molecule is CC#CCn1c(Br)nc(C(=O)OC)c1C(=O)N(Cc1cccc2ccccc12)NC(=O)OC(C)(C)C. The van der Waals surface area contributed by atoms with Crippen LogP contribution in [0, 0.1) is 11.8 Å². The van der Waals surface area contributed by atoms with Crippen LogP contribution in [0.2, 0.25) is 0 Å². The molecule has 188 valence electrons. The standard InChI is InChI=1S/C26H27BrN4O5/c1-6-7-15-30-21(20(23(33)35-5)28-24(30)27)22(32)31(29-25(34)36-26(2,3)4)16-18-13-10-12-17-11-8-9-14-19(17)18/h8-14H,15-16H2,1-5H3,(H,29,34). The molecular weight excluding hydrogens is 528 g/mol. The van der Waals surface area contributed by atoms with Crippen molar-refractivity contribution in [1.82, 2.24) is 20.0 Å². The van der Waals surface area contributed by atoms with Crippen LogP contribution in [0.25, 0.3) is 10.8 Å². The summed E-state index contributed by atoms with van der Waals surface area (Å²) in [6, 6.07) is 13.4. The highest BCUT2D eigenvalue weighted by atomic mass is 79.9. The monoisotopic (exact) mass is 554 g/mol. The Hall–Kier alpha value is -3.84. The predicted molar refractivity (Wildman–Crippen MR) is 138 cm³/mol. The lowest BCUT2D eigenvalue weighted by Gasteiger charge is -2.27. The molecule has 3 rings (SSSR count). The van der Waals surface area contributed by atoms with Crippen LogP contribution in [-0.4, -0.2) is 45.2 Å². The third-order valence-electron chi connectivity index (χ3n) is 4.99. The van der Waals surface area contributed by atoms with Gasteiger partial charge in [0, 0.05) is 0 Å². The van der Waals surface area contributed by atoms with Crippen LogP contribution in [0.1, 0.15) is 54.2 Å². The lowest BCUT2D eigenvalue weighted by atomic mass is 10.0. The molecular formula is C26H27BrN4O5. The third-order valence-corrected chi connectivity index (χ3v) is 5.60. The number of hydrogen-bond donors (Lipinski definition) is 1. The van der Waals surface area contributed by atoms with E-state index < -0.39 is 23.6 Å². The number of carbonyl (C=O) groups is 3. The number of carbonyl (C=O) groups excluding carboxylic acids is 3. The fraction of sp³-hybridized carbons (Fsp3) is 0.308. The largest absolute Gasteiger partial charge is 0.464 e. The summed E-state index contributed by atoms with van der Waals surface area (Å²) in [4.78, 5) is 43.4. The lowest BCUT2D eigenvalue weighted by Crippen LogP contribution is -2.48. The Bertz CT molecular complexity index is 1360. The predicted octanol–water partition coefficient (Wildman–Crippen LogP) is 4.69. The molecule has 0 saturated carbocycles. The van der Waals surface area contributed by atoms with Gasteiger partial charge in [-0.05, 0) is 60.0 Å². The van der Waals surface area contributed by atoms with Crippen molar-refractivity contribution in [1.29, 1.82) is 0 Å². The normalized spacial score (nSPS) is 10.8. The van der Waals surface area contributed by atoms with Gasteiger partial charge in [-0.3, -0.25) is 4.79 Å². The van der Waals surface area contributed by atoms with E-state index in [0.717, 1.165) is 21.3 Å². The van der Waals surface area contributed by atoms with Gasteiger partial charge in [0.25, 0.3) is 5.91 Å². The van der Waals surface area contributed by atoms with Crippen LogP contribution in [0.4, 0.5) is 4.79 Å². The minimum Gasteiger partial charge on any atom is -0.464 e. The Morgan fingerprint density at radius 2 is 1.83 bits per heavy atom. The van der Waals surface area contributed by atoms with E-state index in [1.807, 2.05) is 42.5 Å². The highest BCUT2D eigenvalue weighted by molar-refractivity contribution is 9.10. The van der Waals surface area contributed by atoms with Crippen molar-refractivity contribution in [2.24, 2.45) is 0 Å². The first-order valence-corrected chi connectivity index (χ1v) is 11.9. The molecule has 3 aromatic rings. The zero-order valence-corrected chi connectivity index (χ0v) is 22.3. The maximum atomic E-state index is 13.9. The molecule has 0 saturated heterocycles. The number of hydrazine groups is 1. The number of nitrogens with zero attached hydrogens (tertiary/aromatic N) is 3. The van der Waals surface area contributed by atoms with Crippen LogP contribution >= 0.6 is 15.9 Å². The van der Waals surface area contributed by atoms with Crippen molar-refractivity contribution in [3.8, 4) is 11.8 Å². The molecule has 2 aromatic carbocycles. The quantitative estimate of drug-likeness (QED) is 0.279. The van der Waals surface area contributed by atoms with Crippen molar-refractivity contribution >= 4 is 44.7 Å². The van der Waals surface area contributed by atoms with Crippen molar-refractivity contribution < 1.29 is 23.9 Å². The molecule has 0 aliphatic heterocycles. The molecule has 0 aliphatic carbocycles. The second-order valence-electron chi connectivity index (χ2n) is 8.73. The van der Waals surface area contributed by atoms with E-state index in [9.17, 15) is 14.4 Å². The molecule has 2 amide bonds. The van der Waals surface area contributed by atoms with Gasteiger partial charge in [0.15, 0.2) is 10.4 Å². The topological polar surface area (TPSA) is 103 Å². The number of halogens is 1. The van der Waals surface area contributed by atoms with Crippen LogP contribution in [0.5, 0.6) is 0 Å². The van der Waals surface area contributed by atoms with E-state index in [2.05, 4.69) is 38.2 Å². The molecule has 36 heavy (non-hydrogen) atoms. The zero-order chi connectivity index (χ0) is 26.5. The number of esters is 1. The number of fused-ring (bicyclic) bond motifs is 1. The number of benzene rings is 2. The van der Waals surface area contributed by atoms with Gasteiger partial charge in [-0.2, -0.15) is 0 Å². The summed E-state index contributed by atoms with van der Waals surface area (Å²) in [7, 11) is 1.20. The second-order valence-corrected chi connectivity index (χ2v) is 9.44. The molecule has 1 heterocycles. The molecule has 0 radical (unpaired) electrons. The summed E-state index contributed by atoms with van der Waals surface area (Å²) in [6.07, 6.45) is -0.825. The first kappa shape index (κ1) is 26.8. The minimum absolute atomic E-state index is 0.0116. The van der Waals surface area contributed by atoms with Gasteiger partial charge in [-0.1, -0.05) is 48.4 Å². The van der Waals surface area contributed by atoms with E-state index in [-0.39, 0.29) is 29.2 Å². The van der Waals surface area contributed by atoms with Gasteiger partial charge in [0.05, 0.1) is 20.2 Å². The summed E-state index contributed by atoms with van der Waals surface area (Å²) in [5, 5.41) is 2.98. The number of hydrogen-bond acceptors (Lipinski definition) is 6. The van der Waals surface area contributed by atoms with Gasteiger partial charge in [-0.25, -0.2) is 25.0 Å². The number of imidazole rings is 1. The maximum absolute atomic E-state index is 13.9. The first-order valence-electron chi connectivity index (χ1n) is 11.1. The lowest BCUT2D eigenvalue weighted by molar-refractivity contribution is 0.0277. The van der Waals surface area contributed by atoms with E-state index in [4.69, 9.17) is 9.47 Å². The number of amides is 2. The summed E-state index contributed by atoms with van der Waals surface area (Å²) in [5.41, 5.74) is 2.22. The van der Waals surface area contributed by atoms with Crippen molar-refractivity contribution in [2.75, 3.05) is 7.11 Å². The highest BCUT2D eigenvalue weighted by Crippen LogP contribution is 2.23. The fourth-order valence-electron chi connectivity index (χ4n) is 3.49. The average Bonchev–Trinajstić information content (AvgIpc) is 3.16. The molecule has 10 heteroatoms. The third kappa shape index (κ3) is 6.23. The fourth-order valence-corrected chi connectivity index (χ4v) is 3.97. The molecule has 1 N–H and O–H groups in total. The molecule has 0 spiro atoms. The molecule has 0 bridgehead atoms. The van der Waals surface area contributed by atoms with Gasteiger partial charge >= 0.3 is 12.1 Å². The van der Waals surface area contributed by atoms with Gasteiger partial charge < -0.3 is 14.0 Å². The number of aromatic nitrogens is 2. The molecule has 9 nitrogen and oxygen atoms in total. The van der Waals surface area contributed by atoms with Gasteiger partial charge in [0.1, 0.15) is 11.3 Å². The summed E-state index contributed by atoms with van der Waals surface area (Å²) in [6.45, 7) is 6.88. The Labute approximate surface area is 217 Å². The maximum Gasteiger partial charge on any atom is 0.426 e. The van der Waals surface area contributed by atoms with Gasteiger partial charge in [0.2, 0.25) is 0 Å². The molecule has 1 aromatic heterocycles. The smallest absolute Gasteiger partial charge is 0.426 e. The number of nitrogens with one attached hydrogen (secondary N) is 1. The van der Waals surface area contributed by atoms with Crippen LogP contribution in [0.3, 0.4) is 0 Å². The Kier molecular flexibility index (Phi) is 8.37. The Morgan fingerprint density at radius 1 is 1.14 bits per heavy atom. The van der Waals surface area contributed by atoms with Crippen molar-refractivity contribution in [2.45, 2.75) is 46.4 Å².